The first-order valence-corrected chi connectivity index (χ1v) is 10.0. The van der Waals surface area contributed by atoms with Crippen LogP contribution in [0.25, 0.3) is 10.2 Å². The van der Waals surface area contributed by atoms with Crippen molar-refractivity contribution in [1.82, 2.24) is 19.9 Å². The van der Waals surface area contributed by atoms with Crippen molar-refractivity contribution in [3.63, 3.8) is 0 Å². The number of rotatable bonds is 6. The lowest BCUT2D eigenvalue weighted by Crippen LogP contribution is -2.25. The van der Waals surface area contributed by atoms with E-state index in [1.807, 2.05) is 44.2 Å². The number of aromatic nitrogens is 3. The average molecular weight is 407 g/mol. The molecule has 0 saturated carbocycles. The SMILES string of the molecule is Cc1cccc(CNc2ncnc3sc(C(=O)N(C)Cc4ccco4)c(C)c23)n1. The number of thiophene rings is 1. The normalized spacial score (nSPS) is 11.0. The molecule has 4 heterocycles. The first kappa shape index (κ1) is 19.1. The van der Waals surface area contributed by atoms with Gasteiger partial charge in [-0.25, -0.2) is 9.97 Å². The van der Waals surface area contributed by atoms with Crippen LogP contribution >= 0.6 is 11.3 Å². The zero-order chi connectivity index (χ0) is 20.4. The van der Waals surface area contributed by atoms with E-state index >= 15 is 0 Å². The van der Waals surface area contributed by atoms with Gasteiger partial charge in [-0.2, -0.15) is 0 Å². The van der Waals surface area contributed by atoms with Crippen molar-refractivity contribution in [2.75, 3.05) is 12.4 Å². The molecule has 0 unspecified atom stereocenters. The Morgan fingerprint density at radius 3 is 2.83 bits per heavy atom. The first-order chi connectivity index (χ1) is 14.0. The minimum Gasteiger partial charge on any atom is -0.467 e. The summed E-state index contributed by atoms with van der Waals surface area (Å²) in [6.45, 7) is 4.86. The molecule has 29 heavy (non-hydrogen) atoms. The molecule has 0 radical (unpaired) electrons. The fourth-order valence-electron chi connectivity index (χ4n) is 3.16. The minimum absolute atomic E-state index is 0.0619. The van der Waals surface area contributed by atoms with E-state index in [0.29, 0.717) is 23.8 Å². The number of anilines is 1. The number of hydrogen-bond acceptors (Lipinski definition) is 7. The summed E-state index contributed by atoms with van der Waals surface area (Å²) < 4.78 is 5.35. The summed E-state index contributed by atoms with van der Waals surface area (Å²) in [5, 5.41) is 4.22. The van der Waals surface area contributed by atoms with Gasteiger partial charge in [-0.15, -0.1) is 11.3 Å². The molecule has 0 aromatic carbocycles. The van der Waals surface area contributed by atoms with Crippen molar-refractivity contribution in [3.8, 4) is 0 Å². The Hall–Kier alpha value is -3.26. The van der Waals surface area contributed by atoms with Gasteiger partial charge in [0.1, 0.15) is 22.7 Å². The molecule has 0 aliphatic carbocycles. The Morgan fingerprint density at radius 1 is 1.21 bits per heavy atom. The molecule has 8 heteroatoms. The quantitative estimate of drug-likeness (QED) is 0.516. The Kier molecular flexibility index (Phi) is 5.26. The van der Waals surface area contributed by atoms with Gasteiger partial charge in [0.2, 0.25) is 0 Å². The molecule has 4 rings (SSSR count). The molecule has 7 nitrogen and oxygen atoms in total. The van der Waals surface area contributed by atoms with Crippen LogP contribution in [0.5, 0.6) is 0 Å². The summed E-state index contributed by atoms with van der Waals surface area (Å²) in [6.07, 6.45) is 3.13. The number of aryl methyl sites for hydroxylation is 2. The van der Waals surface area contributed by atoms with Crippen molar-refractivity contribution >= 4 is 33.3 Å². The van der Waals surface area contributed by atoms with Gasteiger partial charge in [0, 0.05) is 12.7 Å². The standard InChI is InChI=1S/C21H21N5O2S/c1-13-6-4-7-15(25-13)10-22-19-17-14(2)18(29-20(17)24-12-23-19)21(27)26(3)11-16-8-5-9-28-16/h4-9,12H,10-11H2,1-3H3,(H,22,23,24). The fourth-order valence-corrected chi connectivity index (χ4v) is 4.31. The maximum atomic E-state index is 13.0. The van der Waals surface area contributed by atoms with Gasteiger partial charge in [0.15, 0.2) is 0 Å². The number of furan rings is 1. The number of pyridine rings is 1. The third kappa shape index (κ3) is 3.97. The first-order valence-electron chi connectivity index (χ1n) is 9.21. The summed E-state index contributed by atoms with van der Waals surface area (Å²) >= 11 is 1.38. The summed E-state index contributed by atoms with van der Waals surface area (Å²) in [7, 11) is 1.77. The Balaban J connectivity index is 1.60. The van der Waals surface area contributed by atoms with Gasteiger partial charge in [-0.1, -0.05) is 6.07 Å². The van der Waals surface area contributed by atoms with Crippen LogP contribution in [0.2, 0.25) is 0 Å². The van der Waals surface area contributed by atoms with Gasteiger partial charge in [0.25, 0.3) is 5.91 Å². The largest absolute Gasteiger partial charge is 0.467 e. The second kappa shape index (κ2) is 8.00. The third-order valence-corrected chi connectivity index (χ3v) is 5.81. The van der Waals surface area contributed by atoms with Crippen LogP contribution < -0.4 is 5.32 Å². The van der Waals surface area contributed by atoms with E-state index in [4.69, 9.17) is 4.42 Å². The van der Waals surface area contributed by atoms with Crippen LogP contribution in [0.3, 0.4) is 0 Å². The second-order valence-corrected chi connectivity index (χ2v) is 7.82. The van der Waals surface area contributed by atoms with Gasteiger partial charge in [0.05, 0.1) is 35.3 Å². The lowest BCUT2D eigenvalue weighted by molar-refractivity contribution is 0.0779. The molecule has 1 N–H and O–H groups in total. The topological polar surface area (TPSA) is 84.2 Å². The minimum atomic E-state index is -0.0619. The van der Waals surface area contributed by atoms with E-state index < -0.39 is 0 Å². The van der Waals surface area contributed by atoms with Gasteiger partial charge < -0.3 is 14.6 Å². The number of hydrogen-bond donors (Lipinski definition) is 1. The number of fused-ring (bicyclic) bond motifs is 1. The summed E-state index contributed by atoms with van der Waals surface area (Å²) in [5.41, 5.74) is 2.78. The highest BCUT2D eigenvalue weighted by atomic mass is 32.1. The van der Waals surface area contributed by atoms with Crippen molar-refractivity contribution < 1.29 is 9.21 Å². The van der Waals surface area contributed by atoms with Crippen molar-refractivity contribution in [3.05, 3.63) is 70.5 Å². The predicted molar refractivity (Wildman–Crippen MR) is 113 cm³/mol. The van der Waals surface area contributed by atoms with Crippen LogP contribution in [0.1, 0.15) is 32.4 Å². The molecule has 0 saturated heterocycles. The molecule has 0 aliphatic heterocycles. The van der Waals surface area contributed by atoms with Gasteiger partial charge >= 0.3 is 0 Å². The van der Waals surface area contributed by atoms with Crippen LogP contribution in [0, 0.1) is 13.8 Å². The molecule has 4 aromatic heterocycles. The van der Waals surface area contributed by atoms with Crippen molar-refractivity contribution in [2.45, 2.75) is 26.9 Å². The van der Waals surface area contributed by atoms with E-state index in [1.165, 1.54) is 17.7 Å². The fraction of sp³-hybridized carbons (Fsp3) is 0.238. The van der Waals surface area contributed by atoms with E-state index in [-0.39, 0.29) is 5.91 Å². The van der Waals surface area contributed by atoms with E-state index in [1.54, 1.807) is 18.2 Å². The number of carbonyl (C=O) groups is 1. The molecule has 1 amide bonds. The zero-order valence-electron chi connectivity index (χ0n) is 16.5. The summed E-state index contributed by atoms with van der Waals surface area (Å²) in [5.74, 6) is 1.39. The Morgan fingerprint density at radius 2 is 2.07 bits per heavy atom. The molecule has 4 aromatic rings. The number of nitrogens with zero attached hydrogens (tertiary/aromatic N) is 4. The van der Waals surface area contributed by atoms with Gasteiger partial charge in [-0.3, -0.25) is 9.78 Å². The third-order valence-electron chi connectivity index (χ3n) is 4.62. The lowest BCUT2D eigenvalue weighted by Gasteiger charge is -2.15. The molecule has 0 fully saturated rings. The van der Waals surface area contributed by atoms with Crippen LogP contribution in [0.4, 0.5) is 5.82 Å². The summed E-state index contributed by atoms with van der Waals surface area (Å²) in [4.78, 5) is 29.4. The van der Waals surface area contributed by atoms with E-state index in [0.717, 1.165) is 32.9 Å². The molecule has 0 aliphatic rings. The van der Waals surface area contributed by atoms with Gasteiger partial charge in [-0.05, 0) is 43.7 Å². The highest BCUT2D eigenvalue weighted by molar-refractivity contribution is 7.20. The molecule has 0 atom stereocenters. The molecular weight excluding hydrogens is 386 g/mol. The van der Waals surface area contributed by atoms with Crippen LogP contribution in [0.15, 0.2) is 47.3 Å². The highest BCUT2D eigenvalue weighted by Crippen LogP contribution is 2.34. The number of amides is 1. The van der Waals surface area contributed by atoms with E-state index in [2.05, 4.69) is 20.3 Å². The summed E-state index contributed by atoms with van der Waals surface area (Å²) in [6, 6.07) is 9.59. The molecular formula is C21H21N5O2S. The second-order valence-electron chi connectivity index (χ2n) is 6.82. The van der Waals surface area contributed by atoms with E-state index in [9.17, 15) is 4.79 Å². The van der Waals surface area contributed by atoms with Crippen LogP contribution in [-0.2, 0) is 13.1 Å². The van der Waals surface area contributed by atoms with Crippen molar-refractivity contribution in [2.24, 2.45) is 0 Å². The molecule has 148 valence electrons. The zero-order valence-corrected chi connectivity index (χ0v) is 17.3. The van der Waals surface area contributed by atoms with Crippen molar-refractivity contribution in [1.29, 1.82) is 0 Å². The monoisotopic (exact) mass is 407 g/mol. The molecule has 0 bridgehead atoms. The lowest BCUT2D eigenvalue weighted by atomic mass is 10.2. The maximum Gasteiger partial charge on any atom is 0.264 e. The molecule has 0 spiro atoms. The number of carbonyl (C=O) groups excluding carboxylic acids is 1. The number of nitrogens with one attached hydrogen (secondary N) is 1. The predicted octanol–water partition coefficient (Wildman–Crippen LogP) is 4.18. The maximum absolute atomic E-state index is 13.0. The highest BCUT2D eigenvalue weighted by Gasteiger charge is 2.22. The Bertz CT molecular complexity index is 1150. The van der Waals surface area contributed by atoms with Crippen LogP contribution in [-0.4, -0.2) is 32.8 Å². The Labute approximate surface area is 172 Å². The average Bonchev–Trinajstić information content (AvgIpc) is 3.34. The smallest absolute Gasteiger partial charge is 0.264 e.